The summed E-state index contributed by atoms with van der Waals surface area (Å²) in [5.41, 5.74) is 1.53. The molecular weight excluding hydrogens is 581 g/mol. The number of ether oxygens (including phenoxy) is 2. The number of fused-ring (bicyclic) bond motifs is 1. The first kappa shape index (κ1) is 31.3. The van der Waals surface area contributed by atoms with E-state index in [1.807, 2.05) is 4.90 Å². The highest BCUT2D eigenvalue weighted by molar-refractivity contribution is 7.14. The molecule has 1 aromatic heterocycles. The number of carbonyl (C=O) groups excluding carboxylic acids is 3. The quantitative estimate of drug-likeness (QED) is 0.197. The number of hydrogen-bond donors (Lipinski definition) is 2. The number of carboxylic acid groups (broad SMARTS) is 2. The average Bonchev–Trinajstić information content (AvgIpc) is 3.73. The second-order valence-corrected chi connectivity index (χ2v) is 10.9. The van der Waals surface area contributed by atoms with Crippen molar-refractivity contribution in [3.05, 3.63) is 94.1 Å². The van der Waals surface area contributed by atoms with Crippen LogP contribution in [-0.4, -0.2) is 51.3 Å². The number of aliphatic carboxylic acids is 2. The summed E-state index contributed by atoms with van der Waals surface area (Å²) < 4.78 is 25.4. The number of nitrogens with zero attached hydrogens (tertiary/aromatic N) is 1. The predicted molar refractivity (Wildman–Crippen MR) is 152 cm³/mol. The number of ketones is 1. The van der Waals surface area contributed by atoms with Gasteiger partial charge in [-0.1, -0.05) is 30.3 Å². The molecule has 1 aliphatic heterocycles. The molecule has 0 radical (unpaired) electrons. The summed E-state index contributed by atoms with van der Waals surface area (Å²) in [5.74, 6) is -3.82. The summed E-state index contributed by atoms with van der Waals surface area (Å²) in [7, 11) is 0. The second kappa shape index (κ2) is 14.0. The zero-order valence-electron chi connectivity index (χ0n) is 23.0. The van der Waals surface area contributed by atoms with E-state index in [4.69, 9.17) is 19.7 Å². The van der Waals surface area contributed by atoms with E-state index in [9.17, 15) is 28.4 Å². The monoisotopic (exact) mass is 609 g/mol. The van der Waals surface area contributed by atoms with Crippen molar-refractivity contribution in [3.63, 3.8) is 0 Å². The number of esters is 2. The third-order valence-electron chi connectivity index (χ3n) is 6.61. The summed E-state index contributed by atoms with van der Waals surface area (Å²) in [6.45, 7) is 2.34. The van der Waals surface area contributed by atoms with Crippen molar-refractivity contribution in [2.45, 2.75) is 38.8 Å². The number of carbonyl (C=O) groups is 5. The maximum absolute atomic E-state index is 14.7. The topological polar surface area (TPSA) is 148 Å². The number of rotatable bonds is 9. The Morgan fingerprint density at radius 3 is 2.26 bits per heavy atom. The average molecular weight is 610 g/mol. The third kappa shape index (κ3) is 8.43. The van der Waals surface area contributed by atoms with Gasteiger partial charge in [-0.15, -0.1) is 11.3 Å². The lowest BCUT2D eigenvalue weighted by Crippen LogP contribution is -2.38. The Morgan fingerprint density at radius 2 is 1.63 bits per heavy atom. The van der Waals surface area contributed by atoms with Gasteiger partial charge in [-0.25, -0.2) is 18.8 Å². The lowest BCUT2D eigenvalue weighted by atomic mass is 9.95. The number of Topliss-reactive ketones (excluding diaryl/α,β-unsaturated/α-hetero) is 1. The van der Waals surface area contributed by atoms with Crippen LogP contribution in [0.3, 0.4) is 0 Å². The molecule has 3 aromatic rings. The molecule has 1 fully saturated rings. The van der Waals surface area contributed by atoms with E-state index in [0.717, 1.165) is 23.3 Å². The van der Waals surface area contributed by atoms with Crippen LogP contribution < -0.4 is 9.47 Å². The molecule has 224 valence electrons. The van der Waals surface area contributed by atoms with E-state index in [2.05, 4.69) is 0 Å². The van der Waals surface area contributed by atoms with Crippen LogP contribution in [0.1, 0.15) is 52.2 Å². The van der Waals surface area contributed by atoms with Gasteiger partial charge in [-0.05, 0) is 49.1 Å². The molecular formula is C31H28FNO9S. The van der Waals surface area contributed by atoms with Gasteiger partial charge < -0.3 is 19.7 Å². The van der Waals surface area contributed by atoms with Crippen molar-refractivity contribution in [2.24, 2.45) is 5.92 Å². The number of carboxylic acids is 2. The molecule has 1 aliphatic carbocycles. The van der Waals surface area contributed by atoms with Gasteiger partial charge >= 0.3 is 23.9 Å². The van der Waals surface area contributed by atoms with Gasteiger partial charge in [0.05, 0.1) is 6.04 Å². The van der Waals surface area contributed by atoms with Crippen LogP contribution in [0.15, 0.2) is 66.7 Å². The number of hydrogen-bond acceptors (Lipinski definition) is 9. The molecule has 10 nitrogen and oxygen atoms in total. The minimum atomic E-state index is -1.26. The van der Waals surface area contributed by atoms with Crippen molar-refractivity contribution >= 4 is 41.0 Å². The van der Waals surface area contributed by atoms with Gasteiger partial charge in [-0.3, -0.25) is 14.5 Å². The Labute approximate surface area is 250 Å². The van der Waals surface area contributed by atoms with Crippen molar-refractivity contribution in [1.29, 1.82) is 0 Å². The standard InChI is InChI=1S/C27H24FNO5S.C4H4O4/c1-16(30)33-22-9-5-3-7-20(22)27(32)34-24-14-18-15-29(13-12-23(18)35-24)25(26(31)17-10-11-17)19-6-2-4-8-21(19)28;5-3(6)1-2-4(7)8/h2-9,14,17,25H,10-13,15H2,1H3;1-2H,(H,5,6)(H,7,8)/b;2-1-. The van der Waals surface area contributed by atoms with Crippen LogP contribution >= 0.6 is 11.3 Å². The minimum Gasteiger partial charge on any atom is -0.478 e. The molecule has 1 saturated carbocycles. The summed E-state index contributed by atoms with van der Waals surface area (Å²) >= 11 is 1.38. The van der Waals surface area contributed by atoms with Gasteiger partial charge in [0.25, 0.3) is 0 Å². The molecule has 2 N–H and O–H groups in total. The van der Waals surface area contributed by atoms with E-state index >= 15 is 0 Å². The first-order valence-corrected chi connectivity index (χ1v) is 14.1. The molecule has 0 bridgehead atoms. The number of para-hydroxylation sites is 1. The molecule has 2 heterocycles. The molecule has 43 heavy (non-hydrogen) atoms. The molecule has 2 aromatic carbocycles. The lowest BCUT2D eigenvalue weighted by molar-refractivity contribution is -0.134. The van der Waals surface area contributed by atoms with E-state index in [1.54, 1.807) is 42.5 Å². The van der Waals surface area contributed by atoms with Gasteiger partial charge in [0, 0.05) is 48.5 Å². The molecule has 0 spiro atoms. The lowest BCUT2D eigenvalue weighted by Gasteiger charge is -2.34. The Balaban J connectivity index is 0.000000467. The highest BCUT2D eigenvalue weighted by Crippen LogP contribution is 2.41. The number of benzene rings is 2. The fraction of sp³-hybridized carbons (Fsp3) is 0.258. The van der Waals surface area contributed by atoms with Gasteiger partial charge in [0.15, 0.2) is 10.8 Å². The summed E-state index contributed by atoms with van der Waals surface area (Å²) in [4.78, 5) is 59.5. The van der Waals surface area contributed by atoms with E-state index in [1.165, 1.54) is 30.4 Å². The minimum absolute atomic E-state index is 0.00252. The Kier molecular flexibility index (Phi) is 10.2. The fourth-order valence-corrected chi connectivity index (χ4v) is 5.59. The number of thiophene rings is 1. The van der Waals surface area contributed by atoms with Crippen LogP contribution in [-0.2, 0) is 32.1 Å². The van der Waals surface area contributed by atoms with Crippen molar-refractivity contribution in [2.75, 3.05) is 6.54 Å². The van der Waals surface area contributed by atoms with E-state index < -0.39 is 29.9 Å². The predicted octanol–water partition coefficient (Wildman–Crippen LogP) is 4.82. The van der Waals surface area contributed by atoms with Crippen molar-refractivity contribution in [3.8, 4) is 10.8 Å². The summed E-state index contributed by atoms with van der Waals surface area (Å²) in [6, 6.07) is 14.1. The molecule has 5 rings (SSSR count). The molecule has 0 amide bonds. The molecule has 1 atom stereocenters. The maximum Gasteiger partial charge on any atom is 0.348 e. The first-order valence-electron chi connectivity index (χ1n) is 13.3. The van der Waals surface area contributed by atoms with Crippen LogP contribution in [0.4, 0.5) is 4.39 Å². The van der Waals surface area contributed by atoms with Crippen LogP contribution in [0.25, 0.3) is 0 Å². The van der Waals surface area contributed by atoms with E-state index in [-0.39, 0.29) is 28.8 Å². The zero-order valence-corrected chi connectivity index (χ0v) is 23.8. The second-order valence-electron chi connectivity index (χ2n) is 9.82. The SMILES string of the molecule is CC(=O)Oc1ccccc1C(=O)Oc1cc2c(s1)CCN(C(C(=O)C1CC1)c1ccccc1F)C2.O=C(O)/C=C\C(=O)O. The van der Waals surface area contributed by atoms with E-state index in [0.29, 0.717) is 42.3 Å². The first-order chi connectivity index (χ1) is 20.5. The summed E-state index contributed by atoms with van der Waals surface area (Å²) in [5, 5.41) is 16.1. The maximum atomic E-state index is 14.7. The Morgan fingerprint density at radius 1 is 0.977 bits per heavy atom. The van der Waals surface area contributed by atoms with Gasteiger partial charge in [0.1, 0.15) is 17.1 Å². The molecule has 1 unspecified atom stereocenters. The Bertz CT molecular complexity index is 1560. The van der Waals surface area contributed by atoms with Crippen molar-refractivity contribution in [1.82, 2.24) is 4.90 Å². The molecule has 12 heteroatoms. The van der Waals surface area contributed by atoms with Gasteiger partial charge in [0.2, 0.25) is 0 Å². The number of halogens is 1. The van der Waals surface area contributed by atoms with Crippen molar-refractivity contribution < 1.29 is 48.0 Å². The molecule has 2 aliphatic rings. The van der Waals surface area contributed by atoms with Crippen LogP contribution in [0.2, 0.25) is 0 Å². The molecule has 0 saturated heterocycles. The van der Waals surface area contributed by atoms with Gasteiger partial charge in [-0.2, -0.15) is 0 Å². The van der Waals surface area contributed by atoms with Crippen LogP contribution in [0, 0.1) is 11.7 Å². The summed E-state index contributed by atoms with van der Waals surface area (Å²) in [6.07, 6.45) is 3.50. The third-order valence-corrected chi connectivity index (χ3v) is 7.73. The van der Waals surface area contributed by atoms with Crippen LogP contribution in [0.5, 0.6) is 10.8 Å². The fourth-order valence-electron chi connectivity index (χ4n) is 4.58. The smallest absolute Gasteiger partial charge is 0.348 e. The zero-order chi connectivity index (χ0) is 31.1. The highest BCUT2D eigenvalue weighted by Gasteiger charge is 2.40. The Hall–Kier alpha value is -4.68. The normalized spacial score (nSPS) is 15.0. The highest BCUT2D eigenvalue weighted by atomic mass is 32.1. The largest absolute Gasteiger partial charge is 0.478 e.